The van der Waals surface area contributed by atoms with Gasteiger partial charge in [-0.15, -0.1) is 0 Å². The van der Waals surface area contributed by atoms with E-state index in [0.717, 1.165) is 18.7 Å². The zero-order valence-electron chi connectivity index (χ0n) is 12.8. The lowest BCUT2D eigenvalue weighted by Crippen LogP contribution is -2.32. The number of fused-ring (bicyclic) bond motifs is 1. The Kier molecular flexibility index (Phi) is 4.09. The van der Waals surface area contributed by atoms with Gasteiger partial charge in [-0.05, 0) is 29.5 Å². The molecule has 2 aliphatic heterocycles. The van der Waals surface area contributed by atoms with E-state index >= 15 is 0 Å². The van der Waals surface area contributed by atoms with Crippen LogP contribution in [0.1, 0.15) is 11.1 Å². The van der Waals surface area contributed by atoms with Crippen LogP contribution in [0.4, 0.5) is 9.18 Å². The highest BCUT2D eigenvalue weighted by Gasteiger charge is 2.41. The van der Waals surface area contributed by atoms with Crippen LogP contribution in [0, 0.1) is 29.0 Å². The smallest absolute Gasteiger partial charge is 0.407 e. The first-order valence-corrected chi connectivity index (χ1v) is 7.48. The van der Waals surface area contributed by atoms with Gasteiger partial charge in [0.25, 0.3) is 0 Å². The van der Waals surface area contributed by atoms with Crippen LogP contribution in [0.25, 0.3) is 0 Å². The molecule has 0 saturated carbocycles. The van der Waals surface area contributed by atoms with Gasteiger partial charge in [0.1, 0.15) is 23.2 Å². The lowest BCUT2D eigenvalue weighted by Gasteiger charge is -2.20. The van der Waals surface area contributed by atoms with Crippen molar-refractivity contribution >= 4 is 6.09 Å². The number of carbonyl (C=O) groups is 1. The van der Waals surface area contributed by atoms with E-state index in [4.69, 9.17) is 15.1 Å². The molecule has 3 rings (SSSR count). The third-order valence-corrected chi connectivity index (χ3v) is 4.68. The molecule has 2 saturated heterocycles. The molecule has 2 aliphatic rings. The fraction of sp³-hybridized carbons (Fsp3) is 0.500. The van der Waals surface area contributed by atoms with Gasteiger partial charge in [-0.2, -0.15) is 5.26 Å². The van der Waals surface area contributed by atoms with Crippen LogP contribution in [0.5, 0.6) is 5.75 Å². The number of rotatable bonds is 3. The summed E-state index contributed by atoms with van der Waals surface area (Å²) in [6.45, 7) is 3.32. The predicted octanol–water partition coefficient (Wildman–Crippen LogP) is 1.75. The van der Waals surface area contributed by atoms with Crippen LogP contribution in [0.3, 0.4) is 0 Å². The highest BCUT2D eigenvalue weighted by Crippen LogP contribution is 2.32. The average Bonchev–Trinajstić information content (AvgIpc) is 3.04. The van der Waals surface area contributed by atoms with Gasteiger partial charge in [0, 0.05) is 32.7 Å². The Hall–Kier alpha value is -2.33. The van der Waals surface area contributed by atoms with Gasteiger partial charge in [0.05, 0.1) is 7.11 Å². The van der Waals surface area contributed by atoms with Crippen molar-refractivity contribution in [1.82, 2.24) is 9.80 Å². The number of amides is 1. The molecule has 1 N–H and O–H groups in total. The number of halogens is 1. The third-order valence-electron chi connectivity index (χ3n) is 4.68. The Morgan fingerprint density at radius 3 is 2.57 bits per heavy atom. The van der Waals surface area contributed by atoms with Gasteiger partial charge in [0.2, 0.25) is 0 Å². The van der Waals surface area contributed by atoms with Crippen molar-refractivity contribution in [3.05, 3.63) is 29.1 Å². The summed E-state index contributed by atoms with van der Waals surface area (Å²) < 4.78 is 19.0. The Labute approximate surface area is 133 Å². The summed E-state index contributed by atoms with van der Waals surface area (Å²) in [5.41, 5.74) is 0.681. The maximum Gasteiger partial charge on any atom is 0.407 e. The van der Waals surface area contributed by atoms with E-state index < -0.39 is 11.9 Å². The molecule has 2 fully saturated rings. The number of methoxy groups -OCH3 is 1. The van der Waals surface area contributed by atoms with E-state index in [2.05, 4.69) is 4.90 Å². The van der Waals surface area contributed by atoms with E-state index in [9.17, 15) is 9.18 Å². The van der Waals surface area contributed by atoms with Crippen LogP contribution in [-0.4, -0.2) is 54.3 Å². The van der Waals surface area contributed by atoms with Gasteiger partial charge in [-0.3, -0.25) is 4.90 Å². The van der Waals surface area contributed by atoms with Crippen molar-refractivity contribution in [2.75, 3.05) is 33.3 Å². The number of ether oxygens (including phenoxy) is 1. The van der Waals surface area contributed by atoms with Crippen LogP contribution >= 0.6 is 0 Å². The van der Waals surface area contributed by atoms with Crippen molar-refractivity contribution in [3.63, 3.8) is 0 Å². The molecule has 23 heavy (non-hydrogen) atoms. The number of hydrogen-bond donors (Lipinski definition) is 1. The first kappa shape index (κ1) is 15.6. The molecule has 0 aromatic heterocycles. The van der Waals surface area contributed by atoms with E-state index in [-0.39, 0.29) is 11.3 Å². The third kappa shape index (κ3) is 2.94. The average molecular weight is 319 g/mol. The van der Waals surface area contributed by atoms with Gasteiger partial charge in [-0.1, -0.05) is 0 Å². The van der Waals surface area contributed by atoms with Crippen LogP contribution in [0.2, 0.25) is 0 Å². The molecule has 2 heterocycles. The highest BCUT2D eigenvalue weighted by atomic mass is 19.1. The molecule has 1 aromatic carbocycles. The second-order valence-corrected chi connectivity index (χ2v) is 6.17. The lowest BCUT2D eigenvalue weighted by molar-refractivity contribution is 0.148. The minimum Gasteiger partial charge on any atom is -0.495 e. The quantitative estimate of drug-likeness (QED) is 0.918. The molecular weight excluding hydrogens is 301 g/mol. The van der Waals surface area contributed by atoms with Crippen LogP contribution in [-0.2, 0) is 6.54 Å². The molecule has 6 nitrogen and oxygen atoms in total. The van der Waals surface area contributed by atoms with E-state index in [1.54, 1.807) is 6.07 Å². The van der Waals surface area contributed by atoms with Gasteiger partial charge < -0.3 is 14.7 Å². The molecule has 2 atom stereocenters. The minimum absolute atomic E-state index is 0.0772. The molecular formula is C16H18FN3O3. The maximum atomic E-state index is 13.9. The number of hydrogen-bond acceptors (Lipinski definition) is 4. The largest absolute Gasteiger partial charge is 0.495 e. The number of carboxylic acid groups (broad SMARTS) is 1. The van der Waals surface area contributed by atoms with Gasteiger partial charge in [0.15, 0.2) is 0 Å². The summed E-state index contributed by atoms with van der Waals surface area (Å²) in [4.78, 5) is 14.7. The first-order chi connectivity index (χ1) is 11.0. The molecule has 122 valence electrons. The second kappa shape index (κ2) is 6.05. The Balaban J connectivity index is 1.67. The minimum atomic E-state index is -0.857. The van der Waals surface area contributed by atoms with Gasteiger partial charge in [-0.25, -0.2) is 9.18 Å². The highest BCUT2D eigenvalue weighted by molar-refractivity contribution is 5.65. The number of likely N-dealkylation sites (tertiary alicyclic amines) is 2. The normalized spacial score (nSPS) is 23.6. The van der Waals surface area contributed by atoms with E-state index in [0.29, 0.717) is 31.5 Å². The molecule has 0 spiro atoms. The molecule has 0 unspecified atom stereocenters. The molecule has 7 heteroatoms. The van der Waals surface area contributed by atoms with Crippen molar-refractivity contribution in [2.24, 2.45) is 11.8 Å². The van der Waals surface area contributed by atoms with Crippen molar-refractivity contribution in [3.8, 4) is 11.8 Å². The summed E-state index contributed by atoms with van der Waals surface area (Å²) >= 11 is 0. The molecule has 1 aromatic rings. The van der Waals surface area contributed by atoms with Crippen molar-refractivity contribution in [2.45, 2.75) is 6.54 Å². The Morgan fingerprint density at radius 2 is 2.04 bits per heavy atom. The fourth-order valence-corrected chi connectivity index (χ4v) is 3.63. The number of nitrogens with zero attached hydrogens (tertiary/aromatic N) is 3. The second-order valence-electron chi connectivity index (χ2n) is 6.17. The standard InChI is InChI=1S/C16H18FN3O3/c1-23-15-3-10(2-14(17)13(15)4-18)5-19-6-11-8-20(16(21)22)9-12(11)7-19/h2-3,11-12H,5-9H2,1H3,(H,21,22)/t11-,12+. The Bertz CT molecular complexity index is 659. The predicted molar refractivity (Wildman–Crippen MR) is 79.5 cm³/mol. The number of benzene rings is 1. The van der Waals surface area contributed by atoms with Gasteiger partial charge >= 0.3 is 6.09 Å². The summed E-state index contributed by atoms with van der Waals surface area (Å²) in [6, 6.07) is 4.88. The first-order valence-electron chi connectivity index (χ1n) is 7.48. The zero-order chi connectivity index (χ0) is 16.6. The molecule has 0 aliphatic carbocycles. The molecule has 0 bridgehead atoms. The summed E-state index contributed by atoms with van der Waals surface area (Å²) in [7, 11) is 1.42. The van der Waals surface area contributed by atoms with E-state index in [1.165, 1.54) is 18.1 Å². The summed E-state index contributed by atoms with van der Waals surface area (Å²) in [6.07, 6.45) is -0.857. The molecule has 0 radical (unpaired) electrons. The zero-order valence-corrected chi connectivity index (χ0v) is 12.8. The van der Waals surface area contributed by atoms with E-state index in [1.807, 2.05) is 6.07 Å². The topological polar surface area (TPSA) is 76.8 Å². The number of nitriles is 1. The van der Waals surface area contributed by atoms with Crippen molar-refractivity contribution < 1.29 is 19.0 Å². The lowest BCUT2D eigenvalue weighted by atomic mass is 10.0. The monoisotopic (exact) mass is 319 g/mol. The Morgan fingerprint density at radius 1 is 1.39 bits per heavy atom. The van der Waals surface area contributed by atoms with Crippen LogP contribution in [0.15, 0.2) is 12.1 Å². The maximum absolute atomic E-state index is 13.9. The summed E-state index contributed by atoms with van der Waals surface area (Å²) in [5.74, 6) is 0.365. The van der Waals surface area contributed by atoms with Crippen molar-refractivity contribution in [1.29, 1.82) is 5.26 Å². The fourth-order valence-electron chi connectivity index (χ4n) is 3.63. The SMILES string of the molecule is COc1cc(CN2C[C@@H]3CN(C(=O)O)C[C@@H]3C2)cc(F)c1C#N. The van der Waals surface area contributed by atoms with Crippen LogP contribution < -0.4 is 4.74 Å². The summed E-state index contributed by atoms with van der Waals surface area (Å²) in [5, 5.41) is 18.0. The molecule has 1 amide bonds.